The number of carbonyl (C=O) groups is 1. The van der Waals surface area contributed by atoms with E-state index in [4.69, 9.17) is 0 Å². The molecule has 0 radical (unpaired) electrons. The second-order valence-corrected chi connectivity index (χ2v) is 7.03. The van der Waals surface area contributed by atoms with Crippen molar-refractivity contribution in [3.05, 3.63) is 40.4 Å². The van der Waals surface area contributed by atoms with Crippen LogP contribution in [0.3, 0.4) is 0 Å². The molecule has 0 bridgehead atoms. The maximum Gasteiger partial charge on any atom is 0.267 e. The van der Waals surface area contributed by atoms with Crippen LogP contribution >= 0.6 is 11.5 Å². The van der Waals surface area contributed by atoms with Gasteiger partial charge in [-0.25, -0.2) is 0 Å². The Morgan fingerprint density at radius 2 is 1.92 bits per heavy atom. The van der Waals surface area contributed by atoms with Crippen LogP contribution in [0.2, 0.25) is 0 Å². The lowest BCUT2D eigenvalue weighted by Crippen LogP contribution is -2.29. The highest BCUT2D eigenvalue weighted by molar-refractivity contribution is 7.07. The molecule has 1 amide bonds. The summed E-state index contributed by atoms with van der Waals surface area (Å²) in [6.07, 6.45) is 4.63. The fraction of sp³-hybridized carbons (Fsp3) is 0.500. The molecule has 2 heterocycles. The molecular formula is C18H24N4OS. The van der Waals surface area contributed by atoms with Crippen LogP contribution < -0.4 is 4.90 Å². The number of aryl methyl sites for hydroxylation is 1. The lowest BCUT2D eigenvalue weighted by atomic mass is 10.1. The molecule has 2 aromatic rings. The fourth-order valence-electron chi connectivity index (χ4n) is 3.09. The number of piperidine rings is 1. The molecule has 24 heavy (non-hydrogen) atoms. The minimum absolute atomic E-state index is 0.00181. The summed E-state index contributed by atoms with van der Waals surface area (Å²) in [6, 6.07) is 8.59. The van der Waals surface area contributed by atoms with E-state index < -0.39 is 0 Å². The number of amides is 1. The van der Waals surface area contributed by atoms with Gasteiger partial charge in [0.15, 0.2) is 0 Å². The summed E-state index contributed by atoms with van der Waals surface area (Å²) in [4.78, 5) is 17.4. The van der Waals surface area contributed by atoms with Crippen molar-refractivity contribution in [2.45, 2.75) is 39.2 Å². The Morgan fingerprint density at radius 3 is 2.58 bits per heavy atom. The van der Waals surface area contributed by atoms with E-state index in [1.165, 1.54) is 36.5 Å². The molecule has 0 saturated carbocycles. The van der Waals surface area contributed by atoms with Gasteiger partial charge >= 0.3 is 0 Å². The average Bonchev–Trinajstić information content (AvgIpc) is 3.11. The summed E-state index contributed by atoms with van der Waals surface area (Å²) < 4.78 is 3.91. The number of benzene rings is 1. The van der Waals surface area contributed by atoms with Crippen LogP contribution in [0.5, 0.6) is 0 Å². The predicted octanol–water partition coefficient (Wildman–Crippen LogP) is 3.36. The SMILES string of the molecule is CCc1nnsc1C(=O)N(C)Cc1ccc(N2CCCCC2)cc1. The van der Waals surface area contributed by atoms with E-state index in [1.54, 1.807) is 4.90 Å². The number of hydrogen-bond donors (Lipinski definition) is 0. The summed E-state index contributed by atoms with van der Waals surface area (Å²) in [5.74, 6) is 0.00181. The summed E-state index contributed by atoms with van der Waals surface area (Å²) in [7, 11) is 1.83. The maximum absolute atomic E-state index is 12.6. The van der Waals surface area contributed by atoms with Crippen LogP contribution in [0.4, 0.5) is 5.69 Å². The van der Waals surface area contributed by atoms with Crippen LogP contribution in [-0.4, -0.2) is 40.5 Å². The monoisotopic (exact) mass is 344 g/mol. The van der Waals surface area contributed by atoms with E-state index in [0.717, 1.165) is 30.8 Å². The highest BCUT2D eigenvalue weighted by Crippen LogP contribution is 2.21. The highest BCUT2D eigenvalue weighted by Gasteiger charge is 2.19. The van der Waals surface area contributed by atoms with Crippen molar-refractivity contribution in [3.63, 3.8) is 0 Å². The number of nitrogens with zero attached hydrogens (tertiary/aromatic N) is 4. The summed E-state index contributed by atoms with van der Waals surface area (Å²) in [5.41, 5.74) is 3.21. The minimum atomic E-state index is 0.00181. The third kappa shape index (κ3) is 3.75. The summed E-state index contributed by atoms with van der Waals surface area (Å²) >= 11 is 1.18. The average molecular weight is 344 g/mol. The normalized spacial score (nSPS) is 14.7. The molecule has 0 unspecified atom stereocenters. The molecule has 0 spiro atoms. The minimum Gasteiger partial charge on any atom is -0.372 e. The molecule has 0 atom stereocenters. The Bertz CT molecular complexity index is 677. The maximum atomic E-state index is 12.6. The third-order valence-electron chi connectivity index (χ3n) is 4.51. The van der Waals surface area contributed by atoms with Gasteiger partial charge in [0.05, 0.1) is 5.69 Å². The molecule has 1 aliphatic rings. The van der Waals surface area contributed by atoms with Gasteiger partial charge in [0.25, 0.3) is 5.91 Å². The first kappa shape index (κ1) is 16.9. The van der Waals surface area contributed by atoms with Gasteiger partial charge in [0.1, 0.15) is 4.88 Å². The van der Waals surface area contributed by atoms with E-state index in [0.29, 0.717) is 11.4 Å². The molecule has 128 valence electrons. The third-order valence-corrected chi connectivity index (χ3v) is 5.26. The fourth-order valence-corrected chi connectivity index (χ4v) is 3.83. The van der Waals surface area contributed by atoms with Gasteiger partial charge in [-0.05, 0) is 54.9 Å². The molecule has 6 heteroatoms. The van der Waals surface area contributed by atoms with Gasteiger partial charge in [0, 0.05) is 32.4 Å². The largest absolute Gasteiger partial charge is 0.372 e. The Morgan fingerprint density at radius 1 is 1.21 bits per heavy atom. The van der Waals surface area contributed by atoms with Crippen LogP contribution in [0.25, 0.3) is 0 Å². The van der Waals surface area contributed by atoms with Crippen molar-refractivity contribution in [1.82, 2.24) is 14.5 Å². The quantitative estimate of drug-likeness (QED) is 0.834. The molecule has 0 aliphatic carbocycles. The van der Waals surface area contributed by atoms with Crippen LogP contribution in [-0.2, 0) is 13.0 Å². The zero-order valence-electron chi connectivity index (χ0n) is 14.4. The van der Waals surface area contributed by atoms with Gasteiger partial charge in [0.2, 0.25) is 0 Å². The molecule has 5 nitrogen and oxygen atoms in total. The predicted molar refractivity (Wildman–Crippen MR) is 97.6 cm³/mol. The van der Waals surface area contributed by atoms with E-state index in [-0.39, 0.29) is 5.91 Å². The van der Waals surface area contributed by atoms with Crippen LogP contribution in [0.15, 0.2) is 24.3 Å². The van der Waals surface area contributed by atoms with Gasteiger partial charge in [-0.1, -0.05) is 23.5 Å². The second-order valence-electron chi connectivity index (χ2n) is 6.28. The molecular weight excluding hydrogens is 320 g/mol. The van der Waals surface area contributed by atoms with E-state index in [9.17, 15) is 4.79 Å². The van der Waals surface area contributed by atoms with Crippen LogP contribution in [0, 0.1) is 0 Å². The Kier molecular flexibility index (Phi) is 5.45. The van der Waals surface area contributed by atoms with Crippen molar-refractivity contribution < 1.29 is 4.79 Å². The highest BCUT2D eigenvalue weighted by atomic mass is 32.1. The Balaban J connectivity index is 1.63. The zero-order valence-corrected chi connectivity index (χ0v) is 15.2. The molecule has 1 aliphatic heterocycles. The van der Waals surface area contributed by atoms with Crippen molar-refractivity contribution in [1.29, 1.82) is 0 Å². The van der Waals surface area contributed by atoms with Crippen molar-refractivity contribution in [2.24, 2.45) is 0 Å². The van der Waals surface area contributed by atoms with Gasteiger partial charge in [-0.15, -0.1) is 5.10 Å². The lowest BCUT2D eigenvalue weighted by Gasteiger charge is -2.29. The standard InChI is InChI=1S/C18H24N4OS/c1-3-16-17(24-20-19-16)18(23)21(2)13-14-7-9-15(10-8-14)22-11-5-4-6-12-22/h7-10H,3-6,11-13H2,1-2H3. The smallest absolute Gasteiger partial charge is 0.267 e. The van der Waals surface area contributed by atoms with E-state index in [2.05, 4.69) is 38.8 Å². The number of aromatic nitrogens is 2. The first-order chi connectivity index (χ1) is 11.7. The number of anilines is 1. The Hall–Kier alpha value is -1.95. The van der Waals surface area contributed by atoms with Gasteiger partial charge < -0.3 is 9.80 Å². The number of rotatable bonds is 5. The molecule has 3 rings (SSSR count). The topological polar surface area (TPSA) is 49.3 Å². The van der Waals surface area contributed by atoms with Crippen molar-refractivity contribution >= 4 is 23.1 Å². The van der Waals surface area contributed by atoms with Crippen LogP contribution in [0.1, 0.15) is 47.1 Å². The molecule has 1 aromatic heterocycles. The van der Waals surface area contributed by atoms with E-state index >= 15 is 0 Å². The number of hydrogen-bond acceptors (Lipinski definition) is 5. The zero-order chi connectivity index (χ0) is 16.9. The molecule has 0 N–H and O–H groups in total. The van der Waals surface area contributed by atoms with Gasteiger partial charge in [-0.2, -0.15) is 0 Å². The van der Waals surface area contributed by atoms with Crippen molar-refractivity contribution in [2.75, 3.05) is 25.0 Å². The molecule has 1 saturated heterocycles. The Labute approximate surface area is 147 Å². The first-order valence-corrected chi connectivity index (χ1v) is 9.37. The molecule has 1 aromatic carbocycles. The van der Waals surface area contributed by atoms with E-state index in [1.807, 2.05) is 14.0 Å². The first-order valence-electron chi connectivity index (χ1n) is 8.59. The van der Waals surface area contributed by atoms with Crippen molar-refractivity contribution in [3.8, 4) is 0 Å². The summed E-state index contributed by atoms with van der Waals surface area (Å²) in [5, 5.41) is 4.02. The lowest BCUT2D eigenvalue weighted by molar-refractivity contribution is 0.0788. The summed E-state index contributed by atoms with van der Waals surface area (Å²) in [6.45, 7) is 4.89. The second kappa shape index (κ2) is 7.75. The molecule has 1 fully saturated rings. The number of carbonyl (C=O) groups excluding carboxylic acids is 1. The van der Waals surface area contributed by atoms with Gasteiger partial charge in [-0.3, -0.25) is 4.79 Å².